The lowest BCUT2D eigenvalue weighted by Gasteiger charge is -2.27. The molecule has 1 aromatic rings. The van der Waals surface area contributed by atoms with Crippen molar-refractivity contribution in [2.24, 2.45) is 5.92 Å². The van der Waals surface area contributed by atoms with Gasteiger partial charge >= 0.3 is 0 Å². The van der Waals surface area contributed by atoms with Gasteiger partial charge in [-0.2, -0.15) is 0 Å². The van der Waals surface area contributed by atoms with Gasteiger partial charge in [0.2, 0.25) is 0 Å². The van der Waals surface area contributed by atoms with Crippen molar-refractivity contribution >= 4 is 0 Å². The molecular formula is C18H31NO2. The summed E-state index contributed by atoms with van der Waals surface area (Å²) in [6.45, 7) is 9.94. The molecule has 1 rings (SSSR count). The lowest BCUT2D eigenvalue weighted by molar-refractivity contribution is 0.348. The first-order valence-electron chi connectivity index (χ1n) is 8.02. The van der Waals surface area contributed by atoms with E-state index < -0.39 is 0 Å². The summed E-state index contributed by atoms with van der Waals surface area (Å²) in [6.07, 6.45) is 2.38. The minimum absolute atomic E-state index is 0.502. The Morgan fingerprint density at radius 2 is 1.62 bits per heavy atom. The summed E-state index contributed by atoms with van der Waals surface area (Å²) in [6, 6.07) is 6.82. The highest BCUT2D eigenvalue weighted by molar-refractivity contribution is 5.44. The van der Waals surface area contributed by atoms with E-state index in [0.29, 0.717) is 17.9 Å². The molecule has 0 heterocycles. The molecule has 0 saturated heterocycles. The standard InChI is InChI=1S/C18H31NO2/c1-7-14(8-2)16(12-19-13(3)4)15-9-10-17(20-5)18(11-15)21-6/h9-11,13-14,16,19H,7-8,12H2,1-6H3. The molecule has 3 heteroatoms. The first kappa shape index (κ1) is 17.8. The summed E-state index contributed by atoms with van der Waals surface area (Å²) in [5.74, 6) is 2.79. The molecule has 1 unspecified atom stereocenters. The van der Waals surface area contributed by atoms with Gasteiger partial charge in [0.05, 0.1) is 14.2 Å². The fourth-order valence-electron chi connectivity index (χ4n) is 2.86. The van der Waals surface area contributed by atoms with E-state index in [2.05, 4.69) is 45.1 Å². The van der Waals surface area contributed by atoms with Crippen molar-refractivity contribution in [2.45, 2.75) is 52.5 Å². The van der Waals surface area contributed by atoms with E-state index in [4.69, 9.17) is 9.47 Å². The molecule has 0 aliphatic rings. The molecule has 0 bridgehead atoms. The monoisotopic (exact) mass is 293 g/mol. The van der Waals surface area contributed by atoms with Crippen LogP contribution in [0.25, 0.3) is 0 Å². The fraction of sp³-hybridized carbons (Fsp3) is 0.667. The van der Waals surface area contributed by atoms with Crippen LogP contribution < -0.4 is 14.8 Å². The molecule has 0 aliphatic carbocycles. The highest BCUT2D eigenvalue weighted by Gasteiger charge is 2.22. The van der Waals surface area contributed by atoms with Crippen molar-refractivity contribution < 1.29 is 9.47 Å². The predicted octanol–water partition coefficient (Wildman–Crippen LogP) is 4.22. The molecular weight excluding hydrogens is 262 g/mol. The quantitative estimate of drug-likeness (QED) is 0.739. The second kappa shape index (κ2) is 8.93. The van der Waals surface area contributed by atoms with Gasteiger partial charge in [-0.25, -0.2) is 0 Å². The van der Waals surface area contributed by atoms with Crippen LogP contribution in [0, 0.1) is 5.92 Å². The molecule has 1 N–H and O–H groups in total. The molecule has 21 heavy (non-hydrogen) atoms. The first-order chi connectivity index (χ1) is 10.1. The summed E-state index contributed by atoms with van der Waals surface area (Å²) in [5, 5.41) is 3.59. The lowest BCUT2D eigenvalue weighted by Crippen LogP contribution is -2.31. The minimum atomic E-state index is 0.502. The van der Waals surface area contributed by atoms with Gasteiger partial charge in [-0.1, -0.05) is 46.6 Å². The smallest absolute Gasteiger partial charge is 0.160 e. The van der Waals surface area contributed by atoms with Gasteiger partial charge in [0.15, 0.2) is 11.5 Å². The average Bonchev–Trinajstić information content (AvgIpc) is 2.50. The summed E-state index contributed by atoms with van der Waals surface area (Å²) in [5.41, 5.74) is 1.33. The third-order valence-corrected chi connectivity index (χ3v) is 4.20. The van der Waals surface area contributed by atoms with Gasteiger partial charge in [-0.3, -0.25) is 0 Å². The van der Waals surface area contributed by atoms with E-state index in [-0.39, 0.29) is 0 Å². The summed E-state index contributed by atoms with van der Waals surface area (Å²) in [4.78, 5) is 0. The topological polar surface area (TPSA) is 30.5 Å². The maximum atomic E-state index is 5.45. The number of hydrogen-bond donors (Lipinski definition) is 1. The zero-order chi connectivity index (χ0) is 15.8. The fourth-order valence-corrected chi connectivity index (χ4v) is 2.86. The van der Waals surface area contributed by atoms with Crippen LogP contribution in [-0.2, 0) is 0 Å². The van der Waals surface area contributed by atoms with E-state index in [1.54, 1.807) is 14.2 Å². The van der Waals surface area contributed by atoms with Crippen LogP contribution in [0.4, 0.5) is 0 Å². The van der Waals surface area contributed by atoms with Crippen molar-refractivity contribution in [2.75, 3.05) is 20.8 Å². The van der Waals surface area contributed by atoms with E-state index in [1.165, 1.54) is 18.4 Å². The van der Waals surface area contributed by atoms with Crippen molar-refractivity contribution in [3.05, 3.63) is 23.8 Å². The van der Waals surface area contributed by atoms with Gasteiger partial charge in [0.1, 0.15) is 0 Å². The maximum Gasteiger partial charge on any atom is 0.160 e. The zero-order valence-corrected chi connectivity index (χ0v) is 14.4. The van der Waals surface area contributed by atoms with Gasteiger partial charge in [0.25, 0.3) is 0 Å². The highest BCUT2D eigenvalue weighted by Crippen LogP contribution is 2.35. The van der Waals surface area contributed by atoms with Crippen molar-refractivity contribution in [1.29, 1.82) is 0 Å². The van der Waals surface area contributed by atoms with Gasteiger partial charge in [-0.15, -0.1) is 0 Å². The van der Waals surface area contributed by atoms with Gasteiger partial charge in [0, 0.05) is 12.6 Å². The van der Waals surface area contributed by atoms with Crippen LogP contribution in [0.2, 0.25) is 0 Å². The molecule has 0 spiro atoms. The summed E-state index contributed by atoms with van der Waals surface area (Å²) < 4.78 is 10.8. The Bertz CT molecular complexity index is 414. The second-order valence-electron chi connectivity index (χ2n) is 5.86. The Labute approximate surface area is 130 Å². The average molecular weight is 293 g/mol. The number of ether oxygens (including phenoxy) is 2. The van der Waals surface area contributed by atoms with E-state index >= 15 is 0 Å². The molecule has 0 aromatic heterocycles. The molecule has 1 atom stereocenters. The molecule has 120 valence electrons. The highest BCUT2D eigenvalue weighted by atomic mass is 16.5. The van der Waals surface area contributed by atoms with Crippen molar-refractivity contribution in [3.8, 4) is 11.5 Å². The zero-order valence-electron chi connectivity index (χ0n) is 14.4. The van der Waals surface area contributed by atoms with Crippen molar-refractivity contribution in [3.63, 3.8) is 0 Å². The van der Waals surface area contributed by atoms with Crippen LogP contribution in [0.5, 0.6) is 11.5 Å². The third kappa shape index (κ3) is 4.92. The maximum absolute atomic E-state index is 5.45. The Morgan fingerprint density at radius 1 is 1.00 bits per heavy atom. The molecule has 0 saturated carbocycles. The summed E-state index contributed by atoms with van der Waals surface area (Å²) in [7, 11) is 3.37. The van der Waals surface area contributed by atoms with Crippen LogP contribution in [0.3, 0.4) is 0 Å². The van der Waals surface area contributed by atoms with Gasteiger partial charge < -0.3 is 14.8 Å². The van der Waals surface area contributed by atoms with Crippen LogP contribution >= 0.6 is 0 Å². The Kier molecular flexibility index (Phi) is 7.58. The SMILES string of the molecule is CCC(CC)C(CNC(C)C)c1ccc(OC)c(OC)c1. The number of rotatable bonds is 9. The van der Waals surface area contributed by atoms with Crippen LogP contribution in [0.15, 0.2) is 18.2 Å². The van der Waals surface area contributed by atoms with Gasteiger partial charge in [-0.05, 0) is 29.5 Å². The van der Waals surface area contributed by atoms with Crippen molar-refractivity contribution in [1.82, 2.24) is 5.32 Å². The molecule has 0 radical (unpaired) electrons. The van der Waals surface area contributed by atoms with E-state index in [0.717, 1.165) is 18.0 Å². The lowest BCUT2D eigenvalue weighted by atomic mass is 9.82. The largest absolute Gasteiger partial charge is 0.493 e. The normalized spacial score (nSPS) is 12.8. The Hall–Kier alpha value is -1.22. The Morgan fingerprint density at radius 3 is 2.10 bits per heavy atom. The number of benzene rings is 1. The van der Waals surface area contributed by atoms with E-state index in [1.807, 2.05) is 6.07 Å². The minimum Gasteiger partial charge on any atom is -0.493 e. The van der Waals surface area contributed by atoms with Crippen LogP contribution in [-0.4, -0.2) is 26.8 Å². The predicted molar refractivity (Wildman–Crippen MR) is 89.5 cm³/mol. The third-order valence-electron chi connectivity index (χ3n) is 4.20. The molecule has 0 aliphatic heterocycles. The van der Waals surface area contributed by atoms with Crippen LogP contribution in [0.1, 0.15) is 52.0 Å². The summed E-state index contributed by atoms with van der Waals surface area (Å²) >= 11 is 0. The molecule has 3 nitrogen and oxygen atoms in total. The molecule has 1 aromatic carbocycles. The Balaban J connectivity index is 3.06. The van der Waals surface area contributed by atoms with E-state index in [9.17, 15) is 0 Å². The molecule has 0 fully saturated rings. The molecule has 0 amide bonds. The number of hydrogen-bond acceptors (Lipinski definition) is 3. The number of nitrogens with one attached hydrogen (secondary N) is 1. The second-order valence-corrected chi connectivity index (χ2v) is 5.86. The number of methoxy groups -OCH3 is 2. The first-order valence-corrected chi connectivity index (χ1v) is 8.02.